The molecule has 4 heteroatoms. The van der Waals surface area contributed by atoms with E-state index in [1.54, 1.807) is 5.57 Å². The second kappa shape index (κ2) is 32.2. The van der Waals surface area contributed by atoms with E-state index in [2.05, 4.69) is 19.9 Å². The number of carbonyl (C=O) groups is 2. The van der Waals surface area contributed by atoms with E-state index in [4.69, 9.17) is 9.84 Å². The van der Waals surface area contributed by atoms with Crippen molar-refractivity contribution in [1.29, 1.82) is 0 Å². The topological polar surface area (TPSA) is 63.6 Å². The molecule has 0 aliphatic carbocycles. The summed E-state index contributed by atoms with van der Waals surface area (Å²) in [6.07, 6.45) is 37.4. The number of rotatable bonds is 33. The lowest BCUT2D eigenvalue weighted by atomic mass is 9.84. The van der Waals surface area contributed by atoms with Gasteiger partial charge in [-0.1, -0.05) is 147 Å². The van der Waals surface area contributed by atoms with E-state index < -0.39 is 5.97 Å². The van der Waals surface area contributed by atoms with Crippen molar-refractivity contribution in [3.8, 4) is 0 Å². The van der Waals surface area contributed by atoms with E-state index in [1.807, 2.05) is 0 Å². The summed E-state index contributed by atoms with van der Waals surface area (Å²) in [5, 5.41) is 8.84. The molecule has 0 saturated carbocycles. The summed E-state index contributed by atoms with van der Waals surface area (Å²) in [6.45, 7) is 5.71. The van der Waals surface area contributed by atoms with Crippen molar-refractivity contribution in [2.45, 2.75) is 194 Å². The van der Waals surface area contributed by atoms with Crippen LogP contribution in [0.5, 0.6) is 0 Å². The number of aliphatic carboxylic acids is 1. The largest absolute Gasteiger partial charge is 0.481 e. The molecule has 4 nitrogen and oxygen atoms in total. The highest BCUT2D eigenvalue weighted by Gasteiger charge is 2.14. The standard InChI is InChI=1S/C36H68O4/c1-3-5-7-9-15-21-27-34(29-23-17-11-12-19-25-31-36(38)39)35(28-22-16-10-8-6-4-2)30-24-18-13-14-20-26-32-40-33-37/h27,33,35H,3-26,28-32H2,1-2H3,(H,38,39)/b34-27-. The van der Waals surface area contributed by atoms with Crippen LogP contribution in [0.15, 0.2) is 11.6 Å². The lowest BCUT2D eigenvalue weighted by Gasteiger charge is -2.22. The first-order valence-electron chi connectivity index (χ1n) is 17.6. The molecular weight excluding hydrogens is 496 g/mol. The molecule has 1 N–H and O–H groups in total. The van der Waals surface area contributed by atoms with Gasteiger partial charge < -0.3 is 9.84 Å². The van der Waals surface area contributed by atoms with Crippen molar-refractivity contribution < 1.29 is 19.4 Å². The van der Waals surface area contributed by atoms with Gasteiger partial charge in [-0.15, -0.1) is 0 Å². The summed E-state index contributed by atoms with van der Waals surface area (Å²) >= 11 is 0. The second-order valence-corrected chi connectivity index (χ2v) is 12.1. The zero-order valence-corrected chi connectivity index (χ0v) is 26.9. The minimum Gasteiger partial charge on any atom is -0.481 e. The van der Waals surface area contributed by atoms with E-state index >= 15 is 0 Å². The Bertz CT molecular complexity index is 571. The van der Waals surface area contributed by atoms with E-state index in [0.29, 0.717) is 19.5 Å². The molecule has 236 valence electrons. The molecule has 0 rings (SSSR count). The van der Waals surface area contributed by atoms with Crippen LogP contribution in [-0.2, 0) is 14.3 Å². The number of unbranched alkanes of at least 4 members (excludes halogenated alkanes) is 20. The third-order valence-corrected chi connectivity index (χ3v) is 8.38. The molecule has 0 aromatic heterocycles. The van der Waals surface area contributed by atoms with Gasteiger partial charge in [0.25, 0.3) is 6.47 Å². The van der Waals surface area contributed by atoms with Crippen LogP contribution in [-0.4, -0.2) is 24.2 Å². The summed E-state index contributed by atoms with van der Waals surface area (Å²) in [5.41, 5.74) is 1.76. The molecule has 1 unspecified atom stereocenters. The Labute approximate surface area is 249 Å². The van der Waals surface area contributed by atoms with Crippen LogP contribution >= 0.6 is 0 Å². The zero-order chi connectivity index (χ0) is 29.4. The average molecular weight is 565 g/mol. The van der Waals surface area contributed by atoms with Gasteiger partial charge in [0.2, 0.25) is 0 Å². The number of carbonyl (C=O) groups excluding carboxylic acids is 1. The molecule has 0 aliphatic heterocycles. The number of allylic oxidation sites excluding steroid dienone is 2. The van der Waals surface area contributed by atoms with Crippen LogP contribution in [0.25, 0.3) is 0 Å². The smallest absolute Gasteiger partial charge is 0.303 e. The Morgan fingerprint density at radius 2 is 1.05 bits per heavy atom. The summed E-state index contributed by atoms with van der Waals surface area (Å²) in [6, 6.07) is 0. The first kappa shape index (κ1) is 38.7. The Morgan fingerprint density at radius 1 is 0.600 bits per heavy atom. The lowest BCUT2D eigenvalue weighted by molar-refractivity contribution is -0.137. The van der Waals surface area contributed by atoms with Crippen LogP contribution < -0.4 is 0 Å². The molecule has 0 spiro atoms. The first-order valence-corrected chi connectivity index (χ1v) is 17.6. The highest BCUT2D eigenvalue weighted by molar-refractivity contribution is 5.66. The Balaban J connectivity index is 4.80. The quantitative estimate of drug-likeness (QED) is 0.0489. The van der Waals surface area contributed by atoms with Gasteiger partial charge in [0.15, 0.2) is 0 Å². The van der Waals surface area contributed by atoms with Gasteiger partial charge in [-0.2, -0.15) is 0 Å². The van der Waals surface area contributed by atoms with Crippen LogP contribution in [0.3, 0.4) is 0 Å². The number of hydrogen-bond acceptors (Lipinski definition) is 3. The van der Waals surface area contributed by atoms with Crippen molar-refractivity contribution in [2.24, 2.45) is 5.92 Å². The van der Waals surface area contributed by atoms with Gasteiger partial charge in [0.1, 0.15) is 0 Å². The maximum absolute atomic E-state index is 10.7. The fourth-order valence-electron chi connectivity index (χ4n) is 5.84. The number of ether oxygens (including phenoxy) is 1. The number of carboxylic acid groups (broad SMARTS) is 1. The van der Waals surface area contributed by atoms with E-state index in [-0.39, 0.29) is 0 Å². The maximum Gasteiger partial charge on any atom is 0.303 e. The number of hydrogen-bond donors (Lipinski definition) is 1. The lowest BCUT2D eigenvalue weighted by Crippen LogP contribution is -2.06. The van der Waals surface area contributed by atoms with Gasteiger partial charge in [0.05, 0.1) is 6.61 Å². The van der Waals surface area contributed by atoms with Crippen molar-refractivity contribution in [3.63, 3.8) is 0 Å². The summed E-state index contributed by atoms with van der Waals surface area (Å²) in [4.78, 5) is 21.0. The van der Waals surface area contributed by atoms with E-state index in [0.717, 1.165) is 31.6 Å². The van der Waals surface area contributed by atoms with Crippen molar-refractivity contribution in [2.75, 3.05) is 6.61 Å². The fraction of sp³-hybridized carbons (Fsp3) is 0.889. The van der Waals surface area contributed by atoms with Gasteiger partial charge in [0, 0.05) is 6.42 Å². The van der Waals surface area contributed by atoms with E-state index in [9.17, 15) is 9.59 Å². The summed E-state index contributed by atoms with van der Waals surface area (Å²) in [7, 11) is 0. The fourth-order valence-corrected chi connectivity index (χ4v) is 5.84. The molecule has 0 aliphatic rings. The molecule has 0 aromatic carbocycles. The Kier molecular flexibility index (Phi) is 31.1. The molecule has 0 radical (unpaired) electrons. The molecular formula is C36H68O4. The summed E-state index contributed by atoms with van der Waals surface area (Å²) < 4.78 is 4.81. The van der Waals surface area contributed by atoms with Crippen LogP contribution in [0.2, 0.25) is 0 Å². The minimum absolute atomic E-state index is 0.319. The van der Waals surface area contributed by atoms with Crippen LogP contribution in [0.4, 0.5) is 0 Å². The van der Waals surface area contributed by atoms with Gasteiger partial charge in [-0.05, 0) is 57.3 Å². The third kappa shape index (κ3) is 28.2. The molecule has 0 heterocycles. The SMILES string of the molecule is CCCCCCC/C=C(/CCCCCCCCC(=O)O)C(CCCCCCCC)CCCCCCCCOC=O. The summed E-state index contributed by atoms with van der Waals surface area (Å²) in [5.74, 6) is 0.100. The van der Waals surface area contributed by atoms with Crippen LogP contribution in [0.1, 0.15) is 194 Å². The predicted molar refractivity (Wildman–Crippen MR) is 172 cm³/mol. The monoisotopic (exact) mass is 565 g/mol. The number of carboxylic acids is 1. The van der Waals surface area contributed by atoms with Gasteiger partial charge in [-0.3, -0.25) is 9.59 Å². The van der Waals surface area contributed by atoms with Crippen LogP contribution in [0, 0.1) is 5.92 Å². The molecule has 0 bridgehead atoms. The highest BCUT2D eigenvalue weighted by Crippen LogP contribution is 2.30. The normalized spacial score (nSPS) is 12.5. The molecule has 1 atom stereocenters. The van der Waals surface area contributed by atoms with Crippen molar-refractivity contribution in [3.05, 3.63) is 11.6 Å². The van der Waals surface area contributed by atoms with Gasteiger partial charge in [-0.25, -0.2) is 0 Å². The van der Waals surface area contributed by atoms with Crippen molar-refractivity contribution >= 4 is 12.4 Å². The molecule has 0 amide bonds. The molecule has 40 heavy (non-hydrogen) atoms. The van der Waals surface area contributed by atoms with Crippen molar-refractivity contribution in [1.82, 2.24) is 0 Å². The predicted octanol–water partition coefficient (Wildman–Crippen LogP) is 11.7. The second-order valence-electron chi connectivity index (χ2n) is 12.1. The molecule has 0 aromatic rings. The molecule has 0 fully saturated rings. The Hall–Kier alpha value is -1.32. The minimum atomic E-state index is -0.662. The third-order valence-electron chi connectivity index (χ3n) is 8.38. The van der Waals surface area contributed by atoms with Gasteiger partial charge >= 0.3 is 5.97 Å². The Morgan fingerprint density at radius 3 is 1.57 bits per heavy atom. The maximum atomic E-state index is 10.7. The highest BCUT2D eigenvalue weighted by atomic mass is 16.5. The zero-order valence-electron chi connectivity index (χ0n) is 26.9. The van der Waals surface area contributed by atoms with E-state index in [1.165, 1.54) is 148 Å². The average Bonchev–Trinajstić information content (AvgIpc) is 2.94. The molecule has 0 saturated heterocycles. The first-order chi connectivity index (χ1) is 19.7.